The summed E-state index contributed by atoms with van der Waals surface area (Å²) in [6.45, 7) is 5.13. The Balaban J connectivity index is 1.57. The summed E-state index contributed by atoms with van der Waals surface area (Å²) in [4.78, 5) is 7.47. The number of aryl methyl sites for hydroxylation is 1. The molecule has 11 heteroatoms. The summed E-state index contributed by atoms with van der Waals surface area (Å²) in [6, 6.07) is 8.34. The monoisotopic (exact) mass is 487 g/mol. The molecule has 186 valence electrons. The number of aromatic nitrogens is 7. The number of nitriles is 1. The molecule has 0 amide bonds. The fourth-order valence-corrected chi connectivity index (χ4v) is 5.26. The van der Waals surface area contributed by atoms with Gasteiger partial charge in [0.1, 0.15) is 23.3 Å². The predicted molar refractivity (Wildman–Crippen MR) is 133 cm³/mol. The fraction of sp³-hybridized carbons (Fsp3) is 0.480. The summed E-state index contributed by atoms with van der Waals surface area (Å²) < 4.78 is 17.3. The fourth-order valence-electron chi connectivity index (χ4n) is 5.26. The standard InChI is InChI=1S/C25H29N9O2/c1-17-16-35-14-12-32(17)21-15-18(19-6-9-27-33(19)11-8-26)29-24-23(30-31(2)25(21)24)20-7-10-28-34(20)22-5-3-4-13-36-22/h6-7,9-10,15,17,22H,3-5,11-14,16H2,1-2H3/t17-,22?/m1/s1. The van der Waals surface area contributed by atoms with E-state index in [4.69, 9.17) is 19.6 Å². The molecular weight excluding hydrogens is 458 g/mol. The van der Waals surface area contributed by atoms with Gasteiger partial charge < -0.3 is 14.4 Å². The third-order valence-electron chi connectivity index (χ3n) is 6.99. The molecule has 0 aliphatic carbocycles. The Labute approximate surface area is 208 Å². The van der Waals surface area contributed by atoms with Crippen molar-refractivity contribution < 1.29 is 9.47 Å². The first-order valence-electron chi connectivity index (χ1n) is 12.4. The average molecular weight is 488 g/mol. The van der Waals surface area contributed by atoms with E-state index in [1.54, 1.807) is 17.1 Å². The molecule has 1 unspecified atom stereocenters. The van der Waals surface area contributed by atoms with Gasteiger partial charge in [0.15, 0.2) is 6.23 Å². The van der Waals surface area contributed by atoms with Crippen molar-refractivity contribution in [3.05, 3.63) is 30.6 Å². The Bertz CT molecular complexity index is 1420. The Morgan fingerprint density at radius 2 is 2.00 bits per heavy atom. The van der Waals surface area contributed by atoms with Crippen LogP contribution < -0.4 is 4.90 Å². The summed E-state index contributed by atoms with van der Waals surface area (Å²) in [6.07, 6.45) is 6.49. The molecule has 0 saturated carbocycles. The molecule has 0 aromatic carbocycles. The van der Waals surface area contributed by atoms with Crippen LogP contribution in [0.4, 0.5) is 5.69 Å². The molecular formula is C25H29N9O2. The number of ether oxygens (including phenoxy) is 2. The highest BCUT2D eigenvalue weighted by atomic mass is 16.5. The third-order valence-corrected chi connectivity index (χ3v) is 6.99. The van der Waals surface area contributed by atoms with Crippen LogP contribution in [-0.2, 0) is 23.1 Å². The van der Waals surface area contributed by atoms with Gasteiger partial charge in [-0.1, -0.05) is 0 Å². The minimum absolute atomic E-state index is 0.111. The van der Waals surface area contributed by atoms with Crippen LogP contribution in [0.15, 0.2) is 30.6 Å². The van der Waals surface area contributed by atoms with Crippen LogP contribution in [-0.4, -0.2) is 66.7 Å². The number of morpholine rings is 1. The van der Waals surface area contributed by atoms with Crippen LogP contribution in [0, 0.1) is 11.3 Å². The molecule has 2 saturated heterocycles. The summed E-state index contributed by atoms with van der Waals surface area (Å²) in [5.74, 6) is 0. The van der Waals surface area contributed by atoms with Gasteiger partial charge in [-0.3, -0.25) is 4.68 Å². The zero-order valence-corrected chi connectivity index (χ0v) is 20.5. The van der Waals surface area contributed by atoms with Gasteiger partial charge >= 0.3 is 0 Å². The minimum Gasteiger partial charge on any atom is -0.377 e. The van der Waals surface area contributed by atoms with Crippen molar-refractivity contribution >= 4 is 16.7 Å². The van der Waals surface area contributed by atoms with Crippen LogP contribution in [0.25, 0.3) is 33.8 Å². The molecule has 4 aromatic heterocycles. The number of pyridine rings is 1. The Hall–Kier alpha value is -3.75. The van der Waals surface area contributed by atoms with Gasteiger partial charge in [-0.2, -0.15) is 20.6 Å². The highest BCUT2D eigenvalue weighted by molar-refractivity contribution is 5.99. The molecule has 0 radical (unpaired) electrons. The van der Waals surface area contributed by atoms with Crippen molar-refractivity contribution in [3.63, 3.8) is 0 Å². The number of hydrogen-bond acceptors (Lipinski definition) is 8. The molecule has 11 nitrogen and oxygen atoms in total. The van der Waals surface area contributed by atoms with Gasteiger partial charge in [0.25, 0.3) is 0 Å². The SMILES string of the molecule is C[C@@H]1COCCN1c1cc(-c2ccnn2CC#N)nc2c(-c3ccnn3C3CCCCO3)nn(C)c12. The van der Waals surface area contributed by atoms with E-state index in [0.717, 1.165) is 71.9 Å². The highest BCUT2D eigenvalue weighted by Gasteiger charge is 2.28. The first-order valence-corrected chi connectivity index (χ1v) is 12.4. The maximum atomic E-state index is 9.31. The summed E-state index contributed by atoms with van der Waals surface area (Å²) >= 11 is 0. The molecule has 6 heterocycles. The van der Waals surface area contributed by atoms with Crippen LogP contribution in [0.1, 0.15) is 32.4 Å². The van der Waals surface area contributed by atoms with E-state index < -0.39 is 0 Å². The van der Waals surface area contributed by atoms with E-state index in [1.807, 2.05) is 28.5 Å². The van der Waals surface area contributed by atoms with Gasteiger partial charge in [0, 0.05) is 38.6 Å². The molecule has 0 bridgehead atoms. The van der Waals surface area contributed by atoms with Crippen LogP contribution in [0.5, 0.6) is 0 Å². The van der Waals surface area contributed by atoms with E-state index in [0.29, 0.717) is 13.2 Å². The molecule has 2 atom stereocenters. The van der Waals surface area contributed by atoms with Crippen LogP contribution in [0.3, 0.4) is 0 Å². The number of hydrogen-bond donors (Lipinski definition) is 0. The number of anilines is 1. The quantitative estimate of drug-likeness (QED) is 0.422. The normalized spacial score (nSPS) is 20.6. The molecule has 36 heavy (non-hydrogen) atoms. The van der Waals surface area contributed by atoms with Gasteiger partial charge in [-0.05, 0) is 44.4 Å². The average Bonchev–Trinajstić information content (AvgIpc) is 3.64. The molecule has 2 aliphatic heterocycles. The maximum Gasteiger partial charge on any atom is 0.150 e. The topological polar surface area (TPSA) is 112 Å². The second kappa shape index (κ2) is 9.37. The Morgan fingerprint density at radius 3 is 2.81 bits per heavy atom. The predicted octanol–water partition coefficient (Wildman–Crippen LogP) is 3.14. The highest BCUT2D eigenvalue weighted by Crippen LogP contribution is 2.38. The zero-order chi connectivity index (χ0) is 24.6. The number of fused-ring (bicyclic) bond motifs is 1. The first-order chi connectivity index (χ1) is 17.7. The molecule has 4 aromatic rings. The second-order valence-electron chi connectivity index (χ2n) is 9.33. The van der Waals surface area contributed by atoms with Gasteiger partial charge in [-0.25, -0.2) is 14.3 Å². The number of rotatable bonds is 5. The van der Waals surface area contributed by atoms with Gasteiger partial charge in [0.05, 0.1) is 42.1 Å². The van der Waals surface area contributed by atoms with E-state index >= 15 is 0 Å². The largest absolute Gasteiger partial charge is 0.377 e. The van der Waals surface area contributed by atoms with Crippen molar-refractivity contribution in [2.75, 3.05) is 31.3 Å². The van der Waals surface area contributed by atoms with Crippen molar-refractivity contribution in [1.82, 2.24) is 34.3 Å². The van der Waals surface area contributed by atoms with Gasteiger partial charge in [0.2, 0.25) is 0 Å². The van der Waals surface area contributed by atoms with Gasteiger partial charge in [-0.15, -0.1) is 0 Å². The molecule has 2 aliphatic rings. The van der Waals surface area contributed by atoms with Crippen LogP contribution in [0.2, 0.25) is 0 Å². The lowest BCUT2D eigenvalue weighted by atomic mass is 10.1. The molecule has 0 N–H and O–H groups in total. The third kappa shape index (κ3) is 3.83. The van der Waals surface area contributed by atoms with Crippen molar-refractivity contribution in [2.24, 2.45) is 7.05 Å². The molecule has 0 spiro atoms. The zero-order valence-electron chi connectivity index (χ0n) is 20.5. The molecule has 6 rings (SSSR count). The second-order valence-corrected chi connectivity index (χ2v) is 9.33. The summed E-state index contributed by atoms with van der Waals surface area (Å²) in [5.41, 5.74) is 5.95. The number of nitrogens with zero attached hydrogens (tertiary/aromatic N) is 9. The maximum absolute atomic E-state index is 9.31. The molecule has 2 fully saturated rings. The van der Waals surface area contributed by atoms with E-state index in [9.17, 15) is 5.26 Å². The van der Waals surface area contributed by atoms with E-state index in [2.05, 4.69) is 34.2 Å². The van der Waals surface area contributed by atoms with E-state index in [-0.39, 0.29) is 18.8 Å². The Kier molecular flexibility index (Phi) is 5.91. The van der Waals surface area contributed by atoms with Crippen molar-refractivity contribution in [2.45, 2.75) is 45.0 Å². The smallest absolute Gasteiger partial charge is 0.150 e. The lowest BCUT2D eigenvalue weighted by Gasteiger charge is -2.35. The lowest BCUT2D eigenvalue weighted by Crippen LogP contribution is -2.44. The van der Waals surface area contributed by atoms with E-state index in [1.165, 1.54) is 0 Å². The lowest BCUT2D eigenvalue weighted by molar-refractivity contribution is -0.0384. The Morgan fingerprint density at radius 1 is 1.14 bits per heavy atom. The minimum atomic E-state index is -0.111. The first kappa shape index (κ1) is 22.7. The summed E-state index contributed by atoms with van der Waals surface area (Å²) in [7, 11) is 1.96. The van der Waals surface area contributed by atoms with Crippen molar-refractivity contribution in [1.29, 1.82) is 5.26 Å². The summed E-state index contributed by atoms with van der Waals surface area (Å²) in [5, 5.41) is 23.2. The van der Waals surface area contributed by atoms with Crippen LogP contribution >= 0.6 is 0 Å². The van der Waals surface area contributed by atoms with Crippen molar-refractivity contribution in [3.8, 4) is 28.8 Å².